The van der Waals surface area contributed by atoms with Crippen molar-refractivity contribution in [2.45, 2.75) is 51.2 Å². The Morgan fingerprint density at radius 1 is 1.21 bits per heavy atom. The van der Waals surface area contributed by atoms with Gasteiger partial charge in [-0.3, -0.25) is 14.4 Å². The maximum absolute atomic E-state index is 14.7. The molecule has 12 nitrogen and oxygen atoms in total. The highest BCUT2D eigenvalue weighted by Gasteiger charge is 2.40. The van der Waals surface area contributed by atoms with E-state index in [9.17, 15) is 23.9 Å². The van der Waals surface area contributed by atoms with Gasteiger partial charge in [-0.15, -0.1) is 0 Å². The summed E-state index contributed by atoms with van der Waals surface area (Å²) in [6.07, 6.45) is 3.35. The van der Waals surface area contributed by atoms with Crippen molar-refractivity contribution >= 4 is 51.4 Å². The zero-order valence-electron chi connectivity index (χ0n) is 23.5. The summed E-state index contributed by atoms with van der Waals surface area (Å²) in [6, 6.07) is 9.39. The fourth-order valence-electron chi connectivity index (χ4n) is 5.49. The van der Waals surface area contributed by atoms with E-state index in [1.807, 2.05) is 18.2 Å². The molecule has 4 N–H and O–H groups in total. The summed E-state index contributed by atoms with van der Waals surface area (Å²) in [5, 5.41) is 19.9. The number of nitrogens with zero attached hydrogens (tertiary/aromatic N) is 4. The average molecular weight is 588 g/mol. The Balaban J connectivity index is 1.22. The van der Waals surface area contributed by atoms with Gasteiger partial charge in [0.05, 0.1) is 36.4 Å². The number of nitrogens with one attached hydrogen (secondary N) is 3. The minimum atomic E-state index is -1.38. The van der Waals surface area contributed by atoms with Crippen molar-refractivity contribution in [2.24, 2.45) is 0 Å². The molecule has 0 aliphatic carbocycles. The van der Waals surface area contributed by atoms with Crippen molar-refractivity contribution in [2.75, 3.05) is 22.5 Å². The zero-order valence-corrected chi connectivity index (χ0v) is 23.5. The number of halogens is 1. The van der Waals surface area contributed by atoms with Gasteiger partial charge >= 0.3 is 0 Å². The molecule has 0 spiro atoms. The molecule has 4 heterocycles. The van der Waals surface area contributed by atoms with Crippen LogP contribution in [0, 0.1) is 0 Å². The lowest BCUT2D eigenvalue weighted by molar-refractivity contribution is -0.137. The first-order chi connectivity index (χ1) is 20.7. The minimum absolute atomic E-state index is 0.157. The number of hydrogen-bond acceptors (Lipinski definition) is 8. The number of likely N-dealkylation sites (tertiary alicyclic amines) is 1. The molecule has 1 fully saturated rings. The molecule has 2 aromatic carbocycles. The fourth-order valence-corrected chi connectivity index (χ4v) is 5.49. The van der Waals surface area contributed by atoms with Crippen LogP contribution in [0.2, 0.25) is 0 Å². The van der Waals surface area contributed by atoms with E-state index in [-0.39, 0.29) is 25.4 Å². The molecule has 0 radical (unpaired) electrons. The number of alkyl halides is 1. The Bertz CT molecular complexity index is 1710. The molecule has 6 rings (SSSR count). The number of anilines is 4. The van der Waals surface area contributed by atoms with Gasteiger partial charge < -0.3 is 35.3 Å². The molecule has 2 aromatic heterocycles. The van der Waals surface area contributed by atoms with E-state index in [4.69, 9.17) is 4.74 Å². The largest absolute Gasteiger partial charge is 0.479 e. The van der Waals surface area contributed by atoms with E-state index < -0.39 is 36.2 Å². The molecule has 4 unspecified atom stereocenters. The van der Waals surface area contributed by atoms with Gasteiger partial charge in [0.15, 0.2) is 6.10 Å². The van der Waals surface area contributed by atoms with Gasteiger partial charge in [0.1, 0.15) is 36.5 Å². The van der Waals surface area contributed by atoms with Crippen LogP contribution in [0.5, 0.6) is 5.75 Å². The number of hydrogen-bond donors (Lipinski definition) is 4. The summed E-state index contributed by atoms with van der Waals surface area (Å²) < 4.78 is 22.0. The van der Waals surface area contributed by atoms with Crippen LogP contribution in [0.25, 0.3) is 10.9 Å². The lowest BCUT2D eigenvalue weighted by atomic mass is 10.1. The normalized spacial score (nSPS) is 20.2. The van der Waals surface area contributed by atoms with E-state index in [1.54, 1.807) is 55.2 Å². The summed E-state index contributed by atoms with van der Waals surface area (Å²) in [4.78, 5) is 48.3. The van der Waals surface area contributed by atoms with Gasteiger partial charge in [-0.1, -0.05) is 6.07 Å². The van der Waals surface area contributed by atoms with Gasteiger partial charge in [-0.25, -0.2) is 14.4 Å². The number of aliphatic hydroxyl groups is 1. The Morgan fingerprint density at radius 2 is 2.00 bits per heavy atom. The number of carbonyl (C=O) groups excluding carboxylic acids is 3. The molecule has 2 aliphatic heterocycles. The maximum atomic E-state index is 14.7. The standard InChI is InChI=1S/C30H30FN7O5/c1-16(39)22-13-37(24-7-6-19(9-21(22)24)34-20-10-32-15-33-11-20)14-27(40)38-12-18(31)8-25(38)30(42)35-23-4-3-5-26-28(23)36-29(41)17(2)43-26/h3-7,9-11,13,15-18,25,34,39H,8,12,14H2,1-2H3,(H,35,42)(H,36,41). The zero-order chi connectivity index (χ0) is 30.2. The van der Waals surface area contributed by atoms with Crippen LogP contribution in [-0.2, 0) is 20.9 Å². The molecule has 4 atom stereocenters. The summed E-state index contributed by atoms with van der Waals surface area (Å²) in [6.45, 7) is 2.86. The monoisotopic (exact) mass is 587 g/mol. The van der Waals surface area contributed by atoms with Crippen molar-refractivity contribution in [1.82, 2.24) is 19.4 Å². The van der Waals surface area contributed by atoms with Crippen LogP contribution in [0.4, 0.5) is 27.1 Å². The lowest BCUT2D eigenvalue weighted by Gasteiger charge is -2.27. The molecule has 2 aliphatic rings. The van der Waals surface area contributed by atoms with Crippen LogP contribution in [-0.4, -0.2) is 67.1 Å². The number of amides is 3. The summed E-state index contributed by atoms with van der Waals surface area (Å²) in [5.41, 5.74) is 3.34. The van der Waals surface area contributed by atoms with Crippen LogP contribution in [0.15, 0.2) is 61.3 Å². The smallest absolute Gasteiger partial charge is 0.265 e. The summed E-state index contributed by atoms with van der Waals surface area (Å²) in [5.74, 6) is -0.976. The quantitative estimate of drug-likeness (QED) is 0.257. The molecule has 43 heavy (non-hydrogen) atoms. The SMILES string of the molecule is CC1Oc2cccc(NC(=O)C3CC(F)CN3C(=O)Cn3cc(C(C)O)c4cc(Nc5cncnc5)ccc43)c2NC1=O. The van der Waals surface area contributed by atoms with E-state index in [2.05, 4.69) is 25.9 Å². The summed E-state index contributed by atoms with van der Waals surface area (Å²) in [7, 11) is 0. The first kappa shape index (κ1) is 28.1. The molecular weight excluding hydrogens is 557 g/mol. The second-order valence-corrected chi connectivity index (χ2v) is 10.7. The Hall–Kier alpha value is -5.04. The molecule has 0 bridgehead atoms. The molecular formula is C30H30FN7O5. The van der Waals surface area contributed by atoms with Crippen molar-refractivity contribution in [3.05, 3.63) is 66.9 Å². The van der Waals surface area contributed by atoms with Gasteiger partial charge in [0.25, 0.3) is 5.91 Å². The number of para-hydroxylation sites is 1. The molecule has 4 aromatic rings. The van der Waals surface area contributed by atoms with Gasteiger partial charge in [-0.05, 0) is 44.2 Å². The molecule has 3 amide bonds. The van der Waals surface area contributed by atoms with E-state index >= 15 is 0 Å². The first-order valence-corrected chi connectivity index (χ1v) is 13.9. The maximum Gasteiger partial charge on any atom is 0.265 e. The second-order valence-electron chi connectivity index (χ2n) is 10.7. The third kappa shape index (κ3) is 5.58. The van der Waals surface area contributed by atoms with Crippen LogP contribution in [0.1, 0.15) is 31.9 Å². The number of ether oxygens (including phenoxy) is 1. The highest BCUT2D eigenvalue weighted by atomic mass is 19.1. The number of fused-ring (bicyclic) bond motifs is 2. The molecule has 1 saturated heterocycles. The fraction of sp³-hybridized carbons (Fsp3) is 0.300. The van der Waals surface area contributed by atoms with Crippen molar-refractivity contribution in [1.29, 1.82) is 0 Å². The van der Waals surface area contributed by atoms with Gasteiger partial charge in [0.2, 0.25) is 11.8 Å². The average Bonchev–Trinajstić information content (AvgIpc) is 3.55. The van der Waals surface area contributed by atoms with Crippen LogP contribution >= 0.6 is 0 Å². The summed E-state index contributed by atoms with van der Waals surface area (Å²) >= 11 is 0. The molecule has 222 valence electrons. The lowest BCUT2D eigenvalue weighted by Crippen LogP contribution is -2.44. The van der Waals surface area contributed by atoms with Gasteiger partial charge in [-0.2, -0.15) is 0 Å². The predicted molar refractivity (Wildman–Crippen MR) is 157 cm³/mol. The van der Waals surface area contributed by atoms with E-state index in [0.29, 0.717) is 33.9 Å². The van der Waals surface area contributed by atoms with Crippen molar-refractivity contribution in [3.63, 3.8) is 0 Å². The number of aromatic nitrogens is 3. The van der Waals surface area contributed by atoms with E-state index in [1.165, 1.54) is 11.2 Å². The number of rotatable bonds is 7. The van der Waals surface area contributed by atoms with Crippen molar-refractivity contribution < 1.29 is 28.6 Å². The Kier molecular flexibility index (Phi) is 7.40. The second kappa shape index (κ2) is 11.3. The highest BCUT2D eigenvalue weighted by molar-refractivity contribution is 6.06. The Morgan fingerprint density at radius 3 is 2.77 bits per heavy atom. The number of benzene rings is 2. The van der Waals surface area contributed by atoms with Gasteiger partial charge in [0, 0.05) is 34.8 Å². The molecule has 0 saturated carbocycles. The third-order valence-electron chi connectivity index (χ3n) is 7.60. The predicted octanol–water partition coefficient (Wildman–Crippen LogP) is 3.53. The number of aliphatic hydroxyl groups excluding tert-OH is 1. The van der Waals surface area contributed by atoms with Crippen LogP contribution < -0.4 is 20.7 Å². The minimum Gasteiger partial charge on any atom is -0.479 e. The third-order valence-corrected chi connectivity index (χ3v) is 7.60. The van der Waals surface area contributed by atoms with Crippen LogP contribution in [0.3, 0.4) is 0 Å². The number of carbonyl (C=O) groups is 3. The van der Waals surface area contributed by atoms with E-state index in [0.717, 1.165) is 11.1 Å². The topological polar surface area (TPSA) is 151 Å². The Labute approximate surface area is 245 Å². The molecule has 13 heteroatoms. The van der Waals surface area contributed by atoms with Crippen molar-refractivity contribution in [3.8, 4) is 5.75 Å². The highest BCUT2D eigenvalue weighted by Crippen LogP contribution is 2.37. The first-order valence-electron chi connectivity index (χ1n) is 13.9.